The molecule has 0 saturated heterocycles. The number of imidazole rings is 2. The molecule has 0 fully saturated rings. The number of hydrogen-bond acceptors (Lipinski definition) is 14. The Balaban J connectivity index is 0.000000194. The van der Waals surface area contributed by atoms with E-state index in [9.17, 15) is 19.2 Å². The largest absolute Gasteiger partial charge is 0.348 e. The Bertz CT molecular complexity index is 5410. The highest BCUT2D eigenvalue weighted by molar-refractivity contribution is 5.88. The number of aromatic nitrogens is 19. The lowest BCUT2D eigenvalue weighted by molar-refractivity contribution is 0.514. The molecule has 0 unspecified atom stereocenters. The molecule has 0 saturated carbocycles. The Labute approximate surface area is 627 Å². The van der Waals surface area contributed by atoms with E-state index >= 15 is 0 Å². The van der Waals surface area contributed by atoms with E-state index in [1.165, 1.54) is 78.1 Å². The third kappa shape index (κ3) is 17.3. The molecular formula is C83H123N19O4. The molecule has 0 N–H and O–H groups in total. The minimum Gasteiger partial charge on any atom is -0.347 e. The predicted octanol–water partition coefficient (Wildman–Crippen LogP) is 16.6. The van der Waals surface area contributed by atoms with Crippen LogP contribution in [0, 0.1) is 138 Å². The summed E-state index contributed by atoms with van der Waals surface area (Å²) in [5.74, 6) is 5.22. The number of fused-ring (bicyclic) bond motifs is 5. The van der Waals surface area contributed by atoms with Gasteiger partial charge >= 0.3 is 11.4 Å². The van der Waals surface area contributed by atoms with Crippen molar-refractivity contribution in [3.63, 3.8) is 0 Å². The van der Waals surface area contributed by atoms with Gasteiger partial charge in [-0.3, -0.25) is 37.2 Å². The van der Waals surface area contributed by atoms with Gasteiger partial charge in [-0.25, -0.2) is 44.5 Å². The van der Waals surface area contributed by atoms with Crippen molar-refractivity contribution in [1.29, 1.82) is 0 Å². The van der Waals surface area contributed by atoms with E-state index in [4.69, 9.17) is 4.98 Å². The standard InChI is InChI=1S/C15H22N2.C14H20N2.C12H17N3.C11H16N4O.C11H16N4.C10H16N2O2.C10H16N2O/c1-8(2)17-13(7)16-14-11(5)9(3)10(4)12(6)15(14)17;1-8(2)16-13-7-9(3)10(4)11(5)14(13)12(6)15-16;1-7(2)10-6-15(5)12-8(3)13-9(4)14-11(10)12;1-6(2)15-8(4)12-9-10(15)13-7(3)14(5)11(9)16;1-6(2)9-10-11(15(5)14-9)7(3)12-8(4)13-10;1-6(2)12-8(4)7(3)9(13)11(5)10(12)14;1-6(2)12-9(5)7(3)8(4)11-10(12)13/h8H,1-7H3;7-8H,1-6H3;6-7H,1-5H3;6H,1-5H3;6H,1-5H3;6H,1-5H3;6H,1-5H3. The smallest absolute Gasteiger partial charge is 0.347 e. The van der Waals surface area contributed by atoms with Crippen LogP contribution in [0.5, 0.6) is 0 Å². The van der Waals surface area contributed by atoms with E-state index in [-0.39, 0.29) is 40.6 Å². The lowest BCUT2D eigenvalue weighted by Gasteiger charge is -2.16. The van der Waals surface area contributed by atoms with Crippen molar-refractivity contribution in [1.82, 2.24) is 91.4 Å². The first kappa shape index (κ1) is 85.4. The molecule has 574 valence electrons. The van der Waals surface area contributed by atoms with Crippen LogP contribution in [-0.4, -0.2) is 91.4 Å². The molecule has 10 heterocycles. The zero-order valence-corrected chi connectivity index (χ0v) is 71.3. The van der Waals surface area contributed by atoms with Gasteiger partial charge in [0.2, 0.25) is 0 Å². The second kappa shape index (κ2) is 33.9. The van der Waals surface area contributed by atoms with Crippen LogP contribution in [0.1, 0.15) is 264 Å². The van der Waals surface area contributed by atoms with Crippen LogP contribution >= 0.6 is 0 Å². The third-order valence-electron chi connectivity index (χ3n) is 20.6. The summed E-state index contributed by atoms with van der Waals surface area (Å²) in [6.45, 7) is 70.0. The van der Waals surface area contributed by atoms with Gasteiger partial charge in [0.25, 0.3) is 11.1 Å². The van der Waals surface area contributed by atoms with Gasteiger partial charge in [0.15, 0.2) is 11.2 Å². The van der Waals surface area contributed by atoms with Crippen molar-refractivity contribution in [2.45, 2.75) is 277 Å². The zero-order valence-electron chi connectivity index (χ0n) is 71.3. The average molecular weight is 1450 g/mol. The summed E-state index contributed by atoms with van der Waals surface area (Å²) >= 11 is 0. The quantitative estimate of drug-likeness (QED) is 0.144. The van der Waals surface area contributed by atoms with Crippen molar-refractivity contribution < 1.29 is 0 Å². The molecule has 0 bridgehead atoms. The molecule has 0 radical (unpaired) electrons. The third-order valence-corrected chi connectivity index (χ3v) is 20.6. The van der Waals surface area contributed by atoms with Gasteiger partial charge < -0.3 is 13.7 Å². The monoisotopic (exact) mass is 1450 g/mol. The van der Waals surface area contributed by atoms with E-state index in [0.29, 0.717) is 46.5 Å². The maximum Gasteiger partial charge on any atom is 0.348 e. The van der Waals surface area contributed by atoms with Gasteiger partial charge in [-0.1, -0.05) is 27.7 Å². The summed E-state index contributed by atoms with van der Waals surface area (Å²) in [5.41, 5.74) is 28.1. The fourth-order valence-electron chi connectivity index (χ4n) is 14.1. The average Bonchev–Trinajstić information content (AvgIpc) is 1.58. The maximum absolute atomic E-state index is 12.0. The van der Waals surface area contributed by atoms with Crippen LogP contribution in [0.4, 0.5) is 0 Å². The first-order chi connectivity index (χ1) is 49.0. The second-order valence-electron chi connectivity index (χ2n) is 30.7. The van der Waals surface area contributed by atoms with Crippen LogP contribution in [-0.2, 0) is 28.2 Å². The van der Waals surface area contributed by atoms with Crippen molar-refractivity contribution >= 4 is 55.2 Å². The SMILES string of the molecule is Cc1c(C)c(C)c2c(nc(C)n2C(C)C)c1C.Cc1c(C)n(C(C)C)c(=O)n(C)c1=O.Cc1cc2c(c(C)nn2C(C)C)c(C)c1C.Cc1nc(=O)n(C(C)C)c(C)c1C.Cc1nc(C)c2c(n1)c(C(C)C)cn2C.Cc1nc(C)c2c(n1)c(C(C)C)nn2C.Cc1nc2c(nc(C)n2C(C)C)c(=O)n1C. The Hall–Kier alpha value is -9.54. The van der Waals surface area contributed by atoms with Crippen molar-refractivity contribution in [2.24, 2.45) is 28.2 Å². The van der Waals surface area contributed by atoms with Gasteiger partial charge in [0, 0.05) is 92.6 Å². The molecular weight excluding hydrogens is 1330 g/mol. The molecule has 0 spiro atoms. The molecule has 2 aromatic carbocycles. The van der Waals surface area contributed by atoms with Crippen molar-refractivity contribution in [3.8, 4) is 0 Å². The molecule has 12 aromatic rings. The van der Waals surface area contributed by atoms with Crippen LogP contribution in [0.25, 0.3) is 55.2 Å². The summed E-state index contributed by atoms with van der Waals surface area (Å²) in [4.78, 5) is 82.0. The number of benzene rings is 2. The van der Waals surface area contributed by atoms with Gasteiger partial charge in [0.05, 0.1) is 50.4 Å². The van der Waals surface area contributed by atoms with E-state index < -0.39 is 0 Å². The molecule has 0 aliphatic heterocycles. The van der Waals surface area contributed by atoms with Crippen LogP contribution in [0.2, 0.25) is 0 Å². The predicted molar refractivity (Wildman–Crippen MR) is 436 cm³/mol. The summed E-state index contributed by atoms with van der Waals surface area (Å²) in [6.07, 6.45) is 2.16. The fraction of sp³-hybridized carbons (Fsp3) is 0.542. The second-order valence-corrected chi connectivity index (χ2v) is 30.7. The highest BCUT2D eigenvalue weighted by atomic mass is 16.2. The molecule has 23 nitrogen and oxygen atoms in total. The summed E-state index contributed by atoms with van der Waals surface area (Å²) in [5, 5.41) is 10.5. The van der Waals surface area contributed by atoms with Gasteiger partial charge in [-0.2, -0.15) is 15.2 Å². The Morgan fingerprint density at radius 3 is 1.38 bits per heavy atom. The van der Waals surface area contributed by atoms with E-state index in [2.05, 4.69) is 210 Å². The summed E-state index contributed by atoms with van der Waals surface area (Å²) in [6, 6.07) is 3.65. The number of nitrogens with zero attached hydrogens (tertiary/aromatic N) is 19. The number of hydrogen-bond donors (Lipinski definition) is 0. The Kier molecular flexibility index (Phi) is 27.3. The lowest BCUT2D eigenvalue weighted by Crippen LogP contribution is -2.41. The minimum absolute atomic E-state index is 0.0769. The summed E-state index contributed by atoms with van der Waals surface area (Å²) < 4.78 is 16.5. The van der Waals surface area contributed by atoms with Crippen LogP contribution in [0.3, 0.4) is 0 Å². The van der Waals surface area contributed by atoms with Crippen molar-refractivity contribution in [2.75, 3.05) is 0 Å². The number of aryl methyl sites for hydroxylation is 15. The fourth-order valence-corrected chi connectivity index (χ4v) is 14.1. The molecule has 12 rings (SSSR count). The van der Waals surface area contributed by atoms with E-state index in [0.717, 1.165) is 95.4 Å². The van der Waals surface area contributed by atoms with E-state index in [1.807, 2.05) is 106 Å². The molecule has 0 aliphatic rings. The lowest BCUT2D eigenvalue weighted by atomic mass is 9.97. The summed E-state index contributed by atoms with van der Waals surface area (Å²) in [7, 11) is 7.23. The first-order valence-electron chi connectivity index (χ1n) is 37.2. The van der Waals surface area contributed by atoms with Crippen molar-refractivity contribution in [3.05, 3.63) is 179 Å². The van der Waals surface area contributed by atoms with E-state index in [1.54, 1.807) is 30.0 Å². The minimum atomic E-state index is -0.242. The highest BCUT2D eigenvalue weighted by Crippen LogP contribution is 2.33. The van der Waals surface area contributed by atoms with Gasteiger partial charge in [-0.15, -0.1) is 0 Å². The Morgan fingerprint density at radius 1 is 0.358 bits per heavy atom. The number of rotatable bonds is 7. The zero-order chi connectivity index (χ0) is 80.5. The molecule has 0 atom stereocenters. The molecule has 0 amide bonds. The maximum atomic E-state index is 12.0. The molecule has 0 aliphatic carbocycles. The van der Waals surface area contributed by atoms with Gasteiger partial charge in [0.1, 0.15) is 40.2 Å². The van der Waals surface area contributed by atoms with Crippen LogP contribution in [0.15, 0.2) is 31.4 Å². The molecule has 106 heavy (non-hydrogen) atoms. The van der Waals surface area contributed by atoms with Crippen LogP contribution < -0.4 is 22.5 Å². The molecule has 23 heteroatoms. The molecule has 10 aromatic heterocycles. The highest BCUT2D eigenvalue weighted by Gasteiger charge is 2.22. The Morgan fingerprint density at radius 2 is 0.858 bits per heavy atom. The first-order valence-corrected chi connectivity index (χ1v) is 37.2. The van der Waals surface area contributed by atoms with Gasteiger partial charge in [-0.05, 0) is 276 Å². The topological polar surface area (TPSA) is 242 Å². The normalized spacial score (nSPS) is 11.5.